The summed E-state index contributed by atoms with van der Waals surface area (Å²) in [7, 11) is 0. The summed E-state index contributed by atoms with van der Waals surface area (Å²) in [6.45, 7) is 2.09. The topological polar surface area (TPSA) is 28.7 Å². The van der Waals surface area contributed by atoms with Crippen LogP contribution >= 0.6 is 0 Å². The molecule has 0 radical (unpaired) electrons. The second kappa shape index (κ2) is 5.36. The van der Waals surface area contributed by atoms with Gasteiger partial charge in [-0.3, -0.25) is 4.98 Å². The van der Waals surface area contributed by atoms with Gasteiger partial charge in [0.1, 0.15) is 5.82 Å². The lowest BCUT2D eigenvalue weighted by Gasteiger charge is -2.04. The highest BCUT2D eigenvalue weighted by Gasteiger charge is 2.07. The molecule has 4 rings (SSSR count). The maximum Gasteiger partial charge on any atom is 0.123 e. The highest BCUT2D eigenvalue weighted by atomic mass is 19.1. The van der Waals surface area contributed by atoms with Gasteiger partial charge in [0.15, 0.2) is 0 Å². The Morgan fingerprint density at radius 3 is 2.52 bits per heavy atom. The molecule has 0 aliphatic heterocycles. The average Bonchev–Trinajstić information content (AvgIpc) is 2.99. The van der Waals surface area contributed by atoms with Crippen LogP contribution in [0.1, 0.15) is 5.56 Å². The number of pyridine rings is 1. The third-order valence-corrected chi connectivity index (χ3v) is 4.08. The van der Waals surface area contributed by atoms with Crippen LogP contribution in [0.15, 0.2) is 66.9 Å². The minimum absolute atomic E-state index is 0.228. The van der Waals surface area contributed by atoms with Gasteiger partial charge in [-0.1, -0.05) is 24.3 Å². The number of fused-ring (bicyclic) bond motifs is 1. The maximum absolute atomic E-state index is 13.1. The predicted molar refractivity (Wildman–Crippen MR) is 91.7 cm³/mol. The molecule has 0 amide bonds. The number of H-pyrrole nitrogens is 1. The molecule has 0 bridgehead atoms. The SMILES string of the molecule is Cc1ccccc1-c1cc2cc(-c3ccc(F)cc3)[nH]c2cn1. The molecule has 4 aromatic rings. The minimum Gasteiger partial charge on any atom is -0.353 e. The van der Waals surface area contributed by atoms with Crippen molar-refractivity contribution in [2.24, 2.45) is 0 Å². The second-order valence-corrected chi connectivity index (χ2v) is 5.66. The molecule has 112 valence electrons. The van der Waals surface area contributed by atoms with Crippen LogP contribution in [-0.2, 0) is 0 Å². The van der Waals surface area contributed by atoms with Crippen molar-refractivity contribution in [2.75, 3.05) is 0 Å². The summed E-state index contributed by atoms with van der Waals surface area (Å²) in [5.74, 6) is -0.228. The first-order valence-electron chi connectivity index (χ1n) is 7.51. The molecule has 0 saturated heterocycles. The van der Waals surface area contributed by atoms with Gasteiger partial charge in [0, 0.05) is 16.6 Å². The third kappa shape index (κ3) is 2.50. The number of nitrogens with one attached hydrogen (secondary N) is 1. The van der Waals surface area contributed by atoms with Crippen LogP contribution in [0, 0.1) is 12.7 Å². The molecule has 2 aromatic carbocycles. The van der Waals surface area contributed by atoms with E-state index in [0.29, 0.717) is 0 Å². The molecule has 0 fully saturated rings. The van der Waals surface area contributed by atoms with E-state index < -0.39 is 0 Å². The molecular weight excluding hydrogens is 287 g/mol. The summed E-state index contributed by atoms with van der Waals surface area (Å²) in [5, 5.41) is 1.09. The van der Waals surface area contributed by atoms with Crippen molar-refractivity contribution in [1.29, 1.82) is 0 Å². The molecule has 23 heavy (non-hydrogen) atoms. The number of hydrogen-bond acceptors (Lipinski definition) is 1. The summed E-state index contributed by atoms with van der Waals surface area (Å²) in [6.07, 6.45) is 1.85. The van der Waals surface area contributed by atoms with Gasteiger partial charge < -0.3 is 4.98 Å². The van der Waals surface area contributed by atoms with Crippen LogP contribution < -0.4 is 0 Å². The fraction of sp³-hybridized carbons (Fsp3) is 0.0500. The van der Waals surface area contributed by atoms with Crippen molar-refractivity contribution >= 4 is 10.9 Å². The summed E-state index contributed by atoms with van der Waals surface area (Å²) in [6, 6.07) is 18.9. The lowest BCUT2D eigenvalue weighted by molar-refractivity contribution is 0.628. The van der Waals surface area contributed by atoms with E-state index in [1.807, 2.05) is 18.3 Å². The van der Waals surface area contributed by atoms with E-state index in [1.54, 1.807) is 12.1 Å². The van der Waals surface area contributed by atoms with Gasteiger partial charge in [-0.05, 0) is 54.4 Å². The summed E-state index contributed by atoms with van der Waals surface area (Å²) >= 11 is 0. The zero-order valence-corrected chi connectivity index (χ0v) is 12.7. The van der Waals surface area contributed by atoms with Crippen molar-refractivity contribution < 1.29 is 4.39 Å². The summed E-state index contributed by atoms with van der Waals surface area (Å²) in [5.41, 5.74) is 6.19. The van der Waals surface area contributed by atoms with Crippen LogP contribution in [0.2, 0.25) is 0 Å². The van der Waals surface area contributed by atoms with E-state index in [4.69, 9.17) is 0 Å². The van der Waals surface area contributed by atoms with E-state index in [2.05, 4.69) is 41.2 Å². The van der Waals surface area contributed by atoms with E-state index in [-0.39, 0.29) is 5.82 Å². The Balaban J connectivity index is 1.81. The van der Waals surface area contributed by atoms with E-state index in [0.717, 1.165) is 33.4 Å². The predicted octanol–water partition coefficient (Wildman–Crippen LogP) is 5.34. The monoisotopic (exact) mass is 302 g/mol. The molecule has 0 atom stereocenters. The lowest BCUT2D eigenvalue weighted by atomic mass is 10.0. The average molecular weight is 302 g/mol. The van der Waals surface area contributed by atoms with Crippen LogP contribution in [0.5, 0.6) is 0 Å². The highest BCUT2D eigenvalue weighted by Crippen LogP contribution is 2.28. The van der Waals surface area contributed by atoms with Crippen molar-refractivity contribution in [2.45, 2.75) is 6.92 Å². The van der Waals surface area contributed by atoms with Crippen molar-refractivity contribution in [3.8, 4) is 22.5 Å². The van der Waals surface area contributed by atoms with Crippen LogP contribution in [-0.4, -0.2) is 9.97 Å². The van der Waals surface area contributed by atoms with Crippen molar-refractivity contribution in [3.63, 3.8) is 0 Å². The Morgan fingerprint density at radius 1 is 0.957 bits per heavy atom. The number of nitrogens with zero attached hydrogens (tertiary/aromatic N) is 1. The number of aromatic amines is 1. The van der Waals surface area contributed by atoms with Gasteiger partial charge in [-0.25, -0.2) is 4.39 Å². The molecule has 2 nitrogen and oxygen atoms in total. The van der Waals surface area contributed by atoms with Gasteiger partial charge >= 0.3 is 0 Å². The first-order valence-corrected chi connectivity index (χ1v) is 7.51. The maximum atomic E-state index is 13.1. The lowest BCUT2D eigenvalue weighted by Crippen LogP contribution is -1.86. The Kier molecular flexibility index (Phi) is 3.19. The molecule has 3 heteroatoms. The van der Waals surface area contributed by atoms with E-state index in [9.17, 15) is 4.39 Å². The number of halogens is 1. The minimum atomic E-state index is -0.228. The number of benzene rings is 2. The van der Waals surface area contributed by atoms with Gasteiger partial charge in [-0.2, -0.15) is 0 Å². The molecule has 0 aliphatic rings. The first kappa shape index (κ1) is 13.7. The van der Waals surface area contributed by atoms with Crippen LogP contribution in [0.3, 0.4) is 0 Å². The summed E-state index contributed by atoms with van der Waals surface area (Å²) in [4.78, 5) is 7.91. The number of hydrogen-bond donors (Lipinski definition) is 1. The third-order valence-electron chi connectivity index (χ3n) is 4.08. The number of rotatable bonds is 2. The number of aromatic nitrogens is 2. The number of aryl methyl sites for hydroxylation is 1. The zero-order chi connectivity index (χ0) is 15.8. The summed E-state index contributed by atoms with van der Waals surface area (Å²) < 4.78 is 13.1. The molecule has 0 spiro atoms. The highest BCUT2D eigenvalue weighted by molar-refractivity contribution is 5.88. The Morgan fingerprint density at radius 2 is 1.74 bits per heavy atom. The fourth-order valence-electron chi connectivity index (χ4n) is 2.82. The van der Waals surface area contributed by atoms with Gasteiger partial charge in [0.2, 0.25) is 0 Å². The molecule has 0 aliphatic carbocycles. The molecule has 0 unspecified atom stereocenters. The van der Waals surface area contributed by atoms with Crippen LogP contribution in [0.25, 0.3) is 33.4 Å². The molecular formula is C20H15FN2. The zero-order valence-electron chi connectivity index (χ0n) is 12.7. The van der Waals surface area contributed by atoms with Gasteiger partial charge in [0.25, 0.3) is 0 Å². The van der Waals surface area contributed by atoms with Gasteiger partial charge in [0.05, 0.1) is 17.4 Å². The van der Waals surface area contributed by atoms with Crippen LogP contribution in [0.4, 0.5) is 4.39 Å². The molecule has 2 aromatic heterocycles. The Hall–Kier alpha value is -2.94. The fourth-order valence-corrected chi connectivity index (χ4v) is 2.82. The Bertz CT molecular complexity index is 984. The van der Waals surface area contributed by atoms with E-state index in [1.165, 1.54) is 17.7 Å². The smallest absolute Gasteiger partial charge is 0.123 e. The second-order valence-electron chi connectivity index (χ2n) is 5.66. The van der Waals surface area contributed by atoms with Gasteiger partial charge in [-0.15, -0.1) is 0 Å². The first-order chi connectivity index (χ1) is 11.2. The van der Waals surface area contributed by atoms with E-state index >= 15 is 0 Å². The quantitative estimate of drug-likeness (QED) is 0.531. The molecule has 1 N–H and O–H groups in total. The standard InChI is InChI=1S/C20H15FN2/c1-13-4-2-3-5-17(13)19-11-15-10-18(23-20(15)12-22-19)14-6-8-16(21)9-7-14/h2-12,23H,1H3. The van der Waals surface area contributed by atoms with Crippen molar-refractivity contribution in [1.82, 2.24) is 9.97 Å². The normalized spacial score (nSPS) is 11.0. The molecule has 0 saturated carbocycles. The Labute approximate surface area is 133 Å². The largest absolute Gasteiger partial charge is 0.353 e. The molecule has 2 heterocycles. The van der Waals surface area contributed by atoms with Crippen molar-refractivity contribution in [3.05, 3.63) is 78.2 Å².